The van der Waals surface area contributed by atoms with Crippen molar-refractivity contribution in [3.63, 3.8) is 0 Å². The van der Waals surface area contributed by atoms with Crippen LogP contribution in [0.25, 0.3) is 0 Å². The van der Waals surface area contributed by atoms with Crippen molar-refractivity contribution in [2.75, 3.05) is 0 Å². The number of carbonyl (C=O) groups is 2. The van der Waals surface area contributed by atoms with E-state index in [0.717, 1.165) is 18.4 Å². The van der Waals surface area contributed by atoms with Crippen molar-refractivity contribution in [2.24, 2.45) is 23.7 Å². The Morgan fingerprint density at radius 3 is 2.18 bits per heavy atom. The number of carbonyl (C=O) groups excluding carboxylic acids is 2. The molecule has 0 spiro atoms. The van der Waals surface area contributed by atoms with E-state index in [0.29, 0.717) is 5.56 Å². The van der Waals surface area contributed by atoms with Crippen LogP contribution in [0.15, 0.2) is 36.4 Å². The molecule has 5 rings (SSSR count). The van der Waals surface area contributed by atoms with Gasteiger partial charge in [0.05, 0.1) is 30.0 Å². The first-order valence-electron chi connectivity index (χ1n) is 7.72. The van der Waals surface area contributed by atoms with E-state index >= 15 is 0 Å². The van der Waals surface area contributed by atoms with Crippen molar-refractivity contribution in [3.05, 3.63) is 47.5 Å². The highest BCUT2D eigenvalue weighted by Crippen LogP contribution is 2.49. The van der Waals surface area contributed by atoms with Crippen molar-refractivity contribution < 1.29 is 9.59 Å². The first-order valence-corrected chi connectivity index (χ1v) is 7.72. The Hall–Kier alpha value is -2.41. The highest BCUT2D eigenvalue weighted by atomic mass is 16.2. The Bertz CT molecular complexity index is 699. The predicted octanol–water partition coefficient (Wildman–Crippen LogP) is 2.26. The van der Waals surface area contributed by atoms with E-state index in [-0.39, 0.29) is 42.0 Å². The summed E-state index contributed by atoms with van der Waals surface area (Å²) in [5.74, 6) is -0.0371. The van der Waals surface area contributed by atoms with Gasteiger partial charge in [0.15, 0.2) is 0 Å². The molecule has 4 nitrogen and oxygen atoms in total. The van der Waals surface area contributed by atoms with Gasteiger partial charge >= 0.3 is 0 Å². The molecule has 0 radical (unpaired) electrons. The first kappa shape index (κ1) is 13.3. The maximum atomic E-state index is 12.7. The average Bonchev–Trinajstić information content (AvgIpc) is 2.83. The van der Waals surface area contributed by atoms with Gasteiger partial charge in [0.1, 0.15) is 0 Å². The zero-order valence-electron chi connectivity index (χ0n) is 12.1. The Labute approximate surface area is 129 Å². The smallest absolute Gasteiger partial charge is 0.234 e. The molecule has 2 amide bonds. The summed E-state index contributed by atoms with van der Waals surface area (Å²) in [6, 6.07) is 9.29. The van der Waals surface area contributed by atoms with Gasteiger partial charge in [-0.25, -0.2) is 0 Å². The molecule has 1 heterocycles. The number of nitriles is 1. The fourth-order valence-electron chi connectivity index (χ4n) is 4.23. The molecule has 3 aliphatic carbocycles. The first-order chi connectivity index (χ1) is 10.7. The van der Waals surface area contributed by atoms with Crippen LogP contribution in [-0.4, -0.2) is 16.7 Å². The highest BCUT2D eigenvalue weighted by molar-refractivity contribution is 6.06. The quantitative estimate of drug-likeness (QED) is 0.620. The Morgan fingerprint density at radius 1 is 1.05 bits per heavy atom. The third-order valence-electron chi connectivity index (χ3n) is 5.32. The van der Waals surface area contributed by atoms with Crippen LogP contribution < -0.4 is 0 Å². The second-order valence-corrected chi connectivity index (χ2v) is 6.37. The minimum atomic E-state index is -0.175. The third-order valence-corrected chi connectivity index (χ3v) is 5.32. The van der Waals surface area contributed by atoms with Crippen molar-refractivity contribution in [1.82, 2.24) is 4.90 Å². The largest absolute Gasteiger partial charge is 0.278 e. The summed E-state index contributed by atoms with van der Waals surface area (Å²) in [4.78, 5) is 26.8. The molecule has 4 aliphatic rings. The van der Waals surface area contributed by atoms with Gasteiger partial charge in [-0.15, -0.1) is 0 Å². The molecule has 110 valence electrons. The highest BCUT2D eigenvalue weighted by Gasteiger charge is 2.56. The number of imide groups is 1. The van der Waals surface area contributed by atoms with E-state index in [2.05, 4.69) is 18.2 Å². The van der Waals surface area contributed by atoms with Crippen LogP contribution in [0.3, 0.4) is 0 Å². The summed E-state index contributed by atoms with van der Waals surface area (Å²) in [5, 5.41) is 9.18. The van der Waals surface area contributed by atoms with Crippen molar-refractivity contribution in [2.45, 2.75) is 19.4 Å². The zero-order chi connectivity index (χ0) is 15.3. The van der Waals surface area contributed by atoms with Crippen LogP contribution in [-0.2, 0) is 16.1 Å². The zero-order valence-corrected chi connectivity index (χ0v) is 12.1. The number of amides is 2. The molecule has 2 fully saturated rings. The van der Waals surface area contributed by atoms with E-state index in [1.54, 1.807) is 12.1 Å². The summed E-state index contributed by atoms with van der Waals surface area (Å²) in [6.07, 6.45) is 6.24. The minimum absolute atomic E-state index is 0.0539. The minimum Gasteiger partial charge on any atom is -0.278 e. The molecule has 22 heavy (non-hydrogen) atoms. The Morgan fingerprint density at radius 2 is 1.64 bits per heavy atom. The second kappa shape index (κ2) is 4.81. The molecular weight excluding hydrogens is 276 g/mol. The number of allylic oxidation sites excluding steroid dienone is 2. The number of fused-ring (bicyclic) bond motifs is 1. The number of nitrogens with zero attached hydrogens (tertiary/aromatic N) is 2. The fraction of sp³-hybridized carbons (Fsp3) is 0.389. The molecule has 0 N–H and O–H groups in total. The number of likely N-dealkylation sites (tertiary alicyclic amines) is 1. The SMILES string of the molecule is N#Cc1ccccc1CN1C(=O)[C@H]2[C@H](C1=O)[C@H]1C=C[C@H]2CC1. The lowest BCUT2D eigenvalue weighted by Gasteiger charge is -2.38. The molecule has 1 aromatic carbocycles. The van der Waals surface area contributed by atoms with Gasteiger partial charge in [-0.2, -0.15) is 5.26 Å². The van der Waals surface area contributed by atoms with Gasteiger partial charge in [-0.3, -0.25) is 14.5 Å². The normalized spacial score (nSPS) is 32.2. The maximum Gasteiger partial charge on any atom is 0.234 e. The maximum absolute atomic E-state index is 12.7. The van der Waals surface area contributed by atoms with E-state index in [9.17, 15) is 14.9 Å². The topological polar surface area (TPSA) is 61.2 Å². The van der Waals surface area contributed by atoms with Crippen LogP contribution in [0.1, 0.15) is 24.0 Å². The summed E-state index contributed by atoms with van der Waals surface area (Å²) in [6.45, 7) is 0.216. The molecule has 0 unspecified atom stereocenters. The van der Waals surface area contributed by atoms with Gasteiger partial charge in [0.2, 0.25) is 11.8 Å². The van der Waals surface area contributed by atoms with E-state index in [4.69, 9.17) is 0 Å². The number of rotatable bonds is 2. The predicted molar refractivity (Wildman–Crippen MR) is 79.0 cm³/mol. The fourth-order valence-corrected chi connectivity index (χ4v) is 4.23. The van der Waals surface area contributed by atoms with E-state index < -0.39 is 0 Å². The van der Waals surface area contributed by atoms with Crippen LogP contribution in [0.4, 0.5) is 0 Å². The van der Waals surface area contributed by atoms with Gasteiger partial charge in [0.25, 0.3) is 0 Å². The third kappa shape index (κ3) is 1.75. The van der Waals surface area contributed by atoms with Gasteiger partial charge in [-0.05, 0) is 36.3 Å². The number of hydrogen-bond acceptors (Lipinski definition) is 3. The average molecular weight is 292 g/mol. The van der Waals surface area contributed by atoms with Crippen molar-refractivity contribution in [3.8, 4) is 6.07 Å². The van der Waals surface area contributed by atoms with Gasteiger partial charge < -0.3 is 0 Å². The molecule has 1 aromatic rings. The molecule has 2 bridgehead atoms. The lowest BCUT2D eigenvalue weighted by atomic mass is 9.63. The van der Waals surface area contributed by atoms with Crippen molar-refractivity contribution in [1.29, 1.82) is 5.26 Å². The van der Waals surface area contributed by atoms with Crippen LogP contribution >= 0.6 is 0 Å². The standard InChI is InChI=1S/C18H16N2O2/c19-9-13-3-1-2-4-14(13)10-20-17(21)15-11-5-6-12(8-7-11)16(15)18(20)22/h1-6,11-12,15-16H,7-8,10H2/t11-,12-,15+,16+/m0/s1. The Kier molecular flexibility index (Phi) is 2.90. The number of hydrogen-bond donors (Lipinski definition) is 0. The van der Waals surface area contributed by atoms with Crippen LogP contribution in [0.2, 0.25) is 0 Å². The summed E-state index contributed by atoms with van der Waals surface area (Å²) in [7, 11) is 0. The molecular formula is C18H16N2O2. The molecule has 4 heteroatoms. The summed E-state index contributed by atoms with van der Waals surface area (Å²) in [5.41, 5.74) is 1.27. The van der Waals surface area contributed by atoms with Gasteiger partial charge in [0, 0.05) is 0 Å². The van der Waals surface area contributed by atoms with Crippen LogP contribution in [0, 0.1) is 35.0 Å². The number of benzene rings is 1. The van der Waals surface area contributed by atoms with E-state index in [1.165, 1.54) is 4.90 Å². The molecule has 1 saturated carbocycles. The molecule has 1 saturated heterocycles. The molecule has 4 atom stereocenters. The monoisotopic (exact) mass is 292 g/mol. The van der Waals surface area contributed by atoms with Crippen LogP contribution in [0.5, 0.6) is 0 Å². The van der Waals surface area contributed by atoms with E-state index in [1.807, 2.05) is 12.1 Å². The second-order valence-electron chi connectivity index (χ2n) is 6.37. The molecule has 1 aliphatic heterocycles. The van der Waals surface area contributed by atoms with Crippen molar-refractivity contribution >= 4 is 11.8 Å². The lowest BCUT2D eigenvalue weighted by molar-refractivity contribution is -0.140. The summed E-state index contributed by atoms with van der Waals surface area (Å²) < 4.78 is 0. The van der Waals surface area contributed by atoms with Gasteiger partial charge in [-0.1, -0.05) is 30.4 Å². The Balaban J connectivity index is 1.66. The summed E-state index contributed by atoms with van der Waals surface area (Å²) >= 11 is 0. The lowest BCUT2D eigenvalue weighted by Crippen LogP contribution is -2.38. The molecule has 0 aromatic heterocycles.